The molecule has 0 saturated heterocycles. The summed E-state index contributed by atoms with van der Waals surface area (Å²) < 4.78 is 0. The summed E-state index contributed by atoms with van der Waals surface area (Å²) in [5.41, 5.74) is 2.28. The van der Waals surface area contributed by atoms with Crippen LogP contribution in [-0.2, 0) is 13.0 Å². The second kappa shape index (κ2) is 6.38. The molecule has 1 heterocycles. The van der Waals surface area contributed by atoms with Gasteiger partial charge in [-0.05, 0) is 24.1 Å². The molecule has 0 aliphatic heterocycles. The van der Waals surface area contributed by atoms with Gasteiger partial charge in [-0.15, -0.1) is 0 Å². The number of hydrogen-bond acceptors (Lipinski definition) is 2. The van der Waals surface area contributed by atoms with Gasteiger partial charge in [-0.1, -0.05) is 43.1 Å². The van der Waals surface area contributed by atoms with Gasteiger partial charge in [-0.2, -0.15) is 5.10 Å². The number of aryl methyl sites for hydroxylation is 1. The molecule has 100 valence electrons. The third-order valence-electron chi connectivity index (χ3n) is 2.78. The van der Waals surface area contributed by atoms with E-state index in [2.05, 4.69) is 22.4 Å². The van der Waals surface area contributed by atoms with Crippen molar-refractivity contribution in [1.29, 1.82) is 0 Å². The summed E-state index contributed by atoms with van der Waals surface area (Å²) >= 11 is 6.03. The van der Waals surface area contributed by atoms with Crippen LogP contribution in [0.3, 0.4) is 0 Å². The van der Waals surface area contributed by atoms with Gasteiger partial charge in [0.05, 0.1) is 0 Å². The molecule has 2 N–H and O–H groups in total. The van der Waals surface area contributed by atoms with Gasteiger partial charge in [0.15, 0.2) is 0 Å². The SMILES string of the molecule is CCCc1cc(C(=O)NCc2ccccc2Cl)n[nH]1. The molecule has 19 heavy (non-hydrogen) atoms. The summed E-state index contributed by atoms with van der Waals surface area (Å²) in [4.78, 5) is 11.9. The Bertz CT molecular complexity index is 565. The minimum atomic E-state index is -0.196. The average Bonchev–Trinajstić information content (AvgIpc) is 2.87. The van der Waals surface area contributed by atoms with Gasteiger partial charge in [0.2, 0.25) is 0 Å². The predicted molar refractivity (Wildman–Crippen MR) is 75.2 cm³/mol. The average molecular weight is 278 g/mol. The summed E-state index contributed by atoms with van der Waals surface area (Å²) in [5.74, 6) is -0.196. The lowest BCUT2D eigenvalue weighted by Crippen LogP contribution is -2.23. The van der Waals surface area contributed by atoms with Crippen LogP contribution in [0.25, 0.3) is 0 Å². The van der Waals surface area contributed by atoms with Crippen LogP contribution in [0.4, 0.5) is 0 Å². The zero-order valence-electron chi connectivity index (χ0n) is 10.7. The number of aromatic amines is 1. The first-order valence-corrected chi connectivity index (χ1v) is 6.64. The van der Waals surface area contributed by atoms with Crippen molar-refractivity contribution in [3.63, 3.8) is 0 Å². The Labute approximate surface area is 117 Å². The molecule has 2 rings (SSSR count). The highest BCUT2D eigenvalue weighted by atomic mass is 35.5. The lowest BCUT2D eigenvalue weighted by atomic mass is 10.2. The largest absolute Gasteiger partial charge is 0.347 e. The van der Waals surface area contributed by atoms with Crippen LogP contribution in [-0.4, -0.2) is 16.1 Å². The van der Waals surface area contributed by atoms with Gasteiger partial charge in [0, 0.05) is 17.3 Å². The van der Waals surface area contributed by atoms with Gasteiger partial charge in [-0.3, -0.25) is 9.89 Å². The van der Waals surface area contributed by atoms with Crippen molar-refractivity contribution in [3.8, 4) is 0 Å². The van der Waals surface area contributed by atoms with Gasteiger partial charge < -0.3 is 5.32 Å². The number of aromatic nitrogens is 2. The molecule has 0 fully saturated rings. The molecule has 4 nitrogen and oxygen atoms in total. The molecule has 1 aromatic carbocycles. The Kier molecular flexibility index (Phi) is 4.58. The molecular formula is C14H16ClN3O. The first kappa shape index (κ1) is 13.6. The fraction of sp³-hybridized carbons (Fsp3) is 0.286. The van der Waals surface area contributed by atoms with E-state index in [1.54, 1.807) is 12.1 Å². The number of hydrogen-bond donors (Lipinski definition) is 2. The Morgan fingerprint density at radius 2 is 2.21 bits per heavy atom. The first-order chi connectivity index (χ1) is 9.20. The quantitative estimate of drug-likeness (QED) is 0.883. The van der Waals surface area contributed by atoms with E-state index < -0.39 is 0 Å². The van der Waals surface area contributed by atoms with E-state index in [4.69, 9.17) is 11.6 Å². The van der Waals surface area contributed by atoms with Crippen LogP contribution < -0.4 is 5.32 Å². The van der Waals surface area contributed by atoms with Crippen molar-refractivity contribution >= 4 is 17.5 Å². The molecule has 5 heteroatoms. The molecule has 1 amide bonds. The highest BCUT2D eigenvalue weighted by Crippen LogP contribution is 2.14. The maximum atomic E-state index is 11.9. The highest BCUT2D eigenvalue weighted by molar-refractivity contribution is 6.31. The lowest BCUT2D eigenvalue weighted by molar-refractivity contribution is 0.0946. The number of benzene rings is 1. The fourth-order valence-corrected chi connectivity index (χ4v) is 1.99. The zero-order valence-corrected chi connectivity index (χ0v) is 11.5. The van der Waals surface area contributed by atoms with Crippen molar-refractivity contribution in [2.45, 2.75) is 26.3 Å². The van der Waals surface area contributed by atoms with Crippen LogP contribution in [0.1, 0.15) is 35.1 Å². The van der Waals surface area contributed by atoms with Crippen LogP contribution in [0, 0.1) is 0 Å². The Balaban J connectivity index is 1.95. The fourth-order valence-electron chi connectivity index (χ4n) is 1.78. The summed E-state index contributed by atoms with van der Waals surface area (Å²) in [7, 11) is 0. The molecular weight excluding hydrogens is 262 g/mol. The smallest absolute Gasteiger partial charge is 0.272 e. The van der Waals surface area contributed by atoms with Gasteiger partial charge in [-0.25, -0.2) is 0 Å². The van der Waals surface area contributed by atoms with Crippen LogP contribution >= 0.6 is 11.6 Å². The number of carbonyl (C=O) groups excluding carboxylic acids is 1. The third kappa shape index (κ3) is 3.58. The zero-order chi connectivity index (χ0) is 13.7. The Morgan fingerprint density at radius 3 is 2.95 bits per heavy atom. The molecule has 0 aliphatic rings. The first-order valence-electron chi connectivity index (χ1n) is 6.26. The molecule has 1 aromatic heterocycles. The van der Waals surface area contributed by atoms with Gasteiger partial charge in [0.1, 0.15) is 5.69 Å². The van der Waals surface area contributed by atoms with E-state index >= 15 is 0 Å². The highest BCUT2D eigenvalue weighted by Gasteiger charge is 2.10. The van der Waals surface area contributed by atoms with Crippen molar-refractivity contribution in [2.75, 3.05) is 0 Å². The van der Waals surface area contributed by atoms with Crippen LogP contribution in [0.5, 0.6) is 0 Å². The Hall–Kier alpha value is -1.81. The second-order valence-electron chi connectivity index (χ2n) is 4.30. The summed E-state index contributed by atoms with van der Waals surface area (Å²) in [6.45, 7) is 2.48. The number of carbonyl (C=O) groups is 1. The molecule has 0 bridgehead atoms. The maximum Gasteiger partial charge on any atom is 0.272 e. The van der Waals surface area contributed by atoms with Crippen molar-refractivity contribution < 1.29 is 4.79 Å². The van der Waals surface area contributed by atoms with Crippen molar-refractivity contribution in [3.05, 3.63) is 52.3 Å². The van der Waals surface area contributed by atoms with Crippen molar-refractivity contribution in [2.24, 2.45) is 0 Å². The topological polar surface area (TPSA) is 57.8 Å². The third-order valence-corrected chi connectivity index (χ3v) is 3.15. The number of nitrogens with zero attached hydrogens (tertiary/aromatic N) is 1. The number of rotatable bonds is 5. The number of amides is 1. The molecule has 0 atom stereocenters. The molecule has 2 aromatic rings. The Morgan fingerprint density at radius 1 is 1.42 bits per heavy atom. The molecule has 0 unspecified atom stereocenters. The minimum Gasteiger partial charge on any atom is -0.347 e. The number of H-pyrrole nitrogens is 1. The lowest BCUT2D eigenvalue weighted by Gasteiger charge is -2.04. The van der Waals surface area contributed by atoms with E-state index in [0.29, 0.717) is 17.3 Å². The monoisotopic (exact) mass is 277 g/mol. The molecule has 0 radical (unpaired) electrons. The second-order valence-corrected chi connectivity index (χ2v) is 4.71. The van der Waals surface area contributed by atoms with Crippen molar-refractivity contribution in [1.82, 2.24) is 15.5 Å². The van der Waals surface area contributed by atoms with E-state index in [1.165, 1.54) is 0 Å². The summed E-state index contributed by atoms with van der Waals surface area (Å²) in [5, 5.41) is 10.3. The minimum absolute atomic E-state index is 0.196. The van der Waals surface area contributed by atoms with E-state index in [1.807, 2.05) is 18.2 Å². The maximum absolute atomic E-state index is 11.9. The summed E-state index contributed by atoms with van der Waals surface area (Å²) in [6.07, 6.45) is 1.91. The van der Waals surface area contributed by atoms with Crippen LogP contribution in [0.2, 0.25) is 5.02 Å². The van der Waals surface area contributed by atoms with Gasteiger partial charge in [0.25, 0.3) is 5.91 Å². The molecule has 0 saturated carbocycles. The molecule has 0 spiro atoms. The normalized spacial score (nSPS) is 10.4. The standard InChI is InChI=1S/C14H16ClN3O/c1-2-5-11-8-13(18-17-11)14(19)16-9-10-6-3-4-7-12(10)15/h3-4,6-8H,2,5,9H2,1H3,(H,16,19)(H,17,18). The van der Waals surface area contributed by atoms with Gasteiger partial charge >= 0.3 is 0 Å². The summed E-state index contributed by atoms with van der Waals surface area (Å²) in [6, 6.07) is 9.22. The number of nitrogens with one attached hydrogen (secondary N) is 2. The van der Waals surface area contributed by atoms with E-state index in [0.717, 1.165) is 24.1 Å². The predicted octanol–water partition coefficient (Wildman–Crippen LogP) is 2.95. The molecule has 0 aliphatic carbocycles. The van der Waals surface area contributed by atoms with E-state index in [9.17, 15) is 4.79 Å². The van der Waals surface area contributed by atoms with Crippen LogP contribution in [0.15, 0.2) is 30.3 Å². The number of halogens is 1. The van der Waals surface area contributed by atoms with E-state index in [-0.39, 0.29) is 5.91 Å².